The van der Waals surface area contributed by atoms with Gasteiger partial charge in [0.1, 0.15) is 0 Å². The lowest BCUT2D eigenvalue weighted by Crippen LogP contribution is -2.47. The maximum Gasteiger partial charge on any atom is 0.238 e. The smallest absolute Gasteiger partial charge is 0.238 e. The van der Waals surface area contributed by atoms with E-state index in [9.17, 15) is 16.8 Å². The Hall–Kier alpha value is -2.94. The molecular weight excluding hydrogens is 444 g/mol. The van der Waals surface area contributed by atoms with Crippen LogP contribution < -0.4 is 10.3 Å². The third-order valence-electron chi connectivity index (χ3n) is 4.46. The lowest BCUT2D eigenvalue weighted by molar-refractivity contribution is 0.0767. The van der Waals surface area contributed by atoms with Gasteiger partial charge in [-0.2, -0.15) is 0 Å². The quantitative estimate of drug-likeness (QED) is 0.612. The molecule has 3 rings (SSSR count). The molecule has 4 N–H and O–H groups in total. The topological polar surface area (TPSA) is 176 Å². The highest BCUT2D eigenvalue weighted by atomic mass is 32.2. The fourth-order valence-electron chi connectivity index (χ4n) is 2.77. The molecule has 0 spiro atoms. The fourth-order valence-corrected chi connectivity index (χ4v) is 3.80. The van der Waals surface area contributed by atoms with E-state index in [-0.39, 0.29) is 15.8 Å². The second-order valence-corrected chi connectivity index (χ2v) is 10.0. The molecule has 1 atom stereocenters. The molecule has 0 aliphatic carbocycles. The predicted molar refractivity (Wildman–Crippen MR) is 112 cm³/mol. The molecule has 1 saturated heterocycles. The zero-order valence-electron chi connectivity index (χ0n) is 16.6. The lowest BCUT2D eigenvalue weighted by atomic mass is 10.2. The Labute approximate surface area is 180 Å². The van der Waals surface area contributed by atoms with Crippen molar-refractivity contribution in [3.8, 4) is 0 Å². The minimum Gasteiger partial charge on any atom is -0.274 e. The van der Waals surface area contributed by atoms with Crippen LogP contribution in [0.5, 0.6) is 0 Å². The van der Waals surface area contributed by atoms with Gasteiger partial charge in [0.15, 0.2) is 0 Å². The summed E-state index contributed by atoms with van der Waals surface area (Å²) in [6.07, 6.45) is 0. The maximum atomic E-state index is 11.3. The van der Waals surface area contributed by atoms with Gasteiger partial charge in [-0.3, -0.25) is 10.0 Å². The van der Waals surface area contributed by atoms with Gasteiger partial charge in [-0.1, -0.05) is 10.4 Å². The lowest BCUT2D eigenvalue weighted by Gasteiger charge is -2.34. The van der Waals surface area contributed by atoms with Crippen LogP contribution in [-0.4, -0.2) is 52.5 Å². The van der Waals surface area contributed by atoms with Crippen molar-refractivity contribution in [2.45, 2.75) is 22.8 Å². The van der Waals surface area contributed by atoms with Gasteiger partial charge in [-0.05, 0) is 55.5 Å². The zero-order valence-corrected chi connectivity index (χ0v) is 18.2. The van der Waals surface area contributed by atoms with Gasteiger partial charge < -0.3 is 0 Å². The van der Waals surface area contributed by atoms with E-state index in [4.69, 9.17) is 10.3 Å². The number of nitrogens with zero attached hydrogens (tertiary/aromatic N) is 6. The molecule has 1 aliphatic rings. The van der Waals surface area contributed by atoms with E-state index in [2.05, 4.69) is 20.7 Å². The number of primary sulfonamides is 2. The van der Waals surface area contributed by atoms with Crippen molar-refractivity contribution in [3.63, 3.8) is 0 Å². The third kappa shape index (κ3) is 6.27. The first kappa shape index (κ1) is 22.7. The SMILES string of the molecule is CC1CN(N=Nc2ccc(S(N)(=O)=O)cc2)CCN1N=Nc1ccc(S(N)(=O)=O)cc1. The van der Waals surface area contributed by atoms with E-state index in [0.29, 0.717) is 31.0 Å². The number of hydrogen-bond acceptors (Lipinski definition) is 8. The standard InChI is InChI=1S/C17H22N8O4S2/c1-13-12-24(22-20-14-2-6-16(7-3-14)30(18,26)27)10-11-25(13)23-21-15-4-8-17(9-5-15)31(19,28)29/h2-9,13H,10-12H2,1H3,(H2,18,26,27)(H2,19,28,29). The molecule has 31 heavy (non-hydrogen) atoms. The van der Waals surface area contributed by atoms with Crippen molar-refractivity contribution in [3.05, 3.63) is 48.5 Å². The minimum absolute atomic E-state index is 0.00454. The van der Waals surface area contributed by atoms with Crippen molar-refractivity contribution < 1.29 is 16.8 Å². The molecule has 0 aromatic heterocycles. The van der Waals surface area contributed by atoms with Gasteiger partial charge in [0.2, 0.25) is 20.0 Å². The summed E-state index contributed by atoms with van der Waals surface area (Å²) in [5.74, 6) is 0. The highest BCUT2D eigenvalue weighted by Gasteiger charge is 2.22. The van der Waals surface area contributed by atoms with Crippen molar-refractivity contribution in [1.29, 1.82) is 0 Å². The van der Waals surface area contributed by atoms with Crippen LogP contribution in [0.4, 0.5) is 11.4 Å². The molecule has 14 heteroatoms. The minimum atomic E-state index is -3.74. The van der Waals surface area contributed by atoms with Crippen LogP contribution >= 0.6 is 0 Å². The summed E-state index contributed by atoms with van der Waals surface area (Å²) in [4.78, 5) is 0.0245. The van der Waals surface area contributed by atoms with Crippen LogP contribution in [0.25, 0.3) is 0 Å². The van der Waals surface area contributed by atoms with E-state index in [1.165, 1.54) is 48.5 Å². The number of nitrogens with two attached hydrogens (primary N) is 2. The van der Waals surface area contributed by atoms with Gasteiger partial charge in [-0.15, -0.1) is 10.2 Å². The Bertz CT molecular complexity index is 1180. The second kappa shape index (κ2) is 9.05. The molecule has 2 aromatic carbocycles. The van der Waals surface area contributed by atoms with Crippen LogP contribution in [0.1, 0.15) is 6.92 Å². The summed E-state index contributed by atoms with van der Waals surface area (Å²) in [6, 6.07) is 11.6. The molecule has 1 fully saturated rings. The van der Waals surface area contributed by atoms with E-state index >= 15 is 0 Å². The van der Waals surface area contributed by atoms with Crippen LogP contribution in [0.15, 0.2) is 79.0 Å². The number of rotatable bonds is 6. The van der Waals surface area contributed by atoms with E-state index in [0.717, 1.165) is 0 Å². The van der Waals surface area contributed by atoms with Gasteiger partial charge in [0, 0.05) is 0 Å². The Morgan fingerprint density at radius 2 is 1.23 bits per heavy atom. The van der Waals surface area contributed by atoms with Gasteiger partial charge in [0.25, 0.3) is 0 Å². The predicted octanol–water partition coefficient (Wildman–Crippen LogP) is 1.69. The Morgan fingerprint density at radius 3 is 1.65 bits per heavy atom. The van der Waals surface area contributed by atoms with Crippen molar-refractivity contribution in [2.24, 2.45) is 31.0 Å². The summed E-state index contributed by atoms with van der Waals surface area (Å²) in [5.41, 5.74) is 1.01. The molecule has 0 saturated carbocycles. The second-order valence-electron chi connectivity index (χ2n) is 6.88. The Morgan fingerprint density at radius 1 is 0.774 bits per heavy atom. The molecular formula is C17H22N8O4S2. The number of hydrogen-bond donors (Lipinski definition) is 2. The maximum absolute atomic E-state index is 11.3. The highest BCUT2D eigenvalue weighted by molar-refractivity contribution is 7.89. The summed E-state index contributed by atoms with van der Waals surface area (Å²) < 4.78 is 45.1. The summed E-state index contributed by atoms with van der Waals surface area (Å²) in [7, 11) is -7.49. The largest absolute Gasteiger partial charge is 0.274 e. The monoisotopic (exact) mass is 466 g/mol. The summed E-state index contributed by atoms with van der Waals surface area (Å²) >= 11 is 0. The third-order valence-corrected chi connectivity index (χ3v) is 6.32. The molecule has 0 bridgehead atoms. The molecule has 166 valence electrons. The van der Waals surface area contributed by atoms with Crippen LogP contribution in [0.3, 0.4) is 0 Å². The van der Waals surface area contributed by atoms with Gasteiger partial charge in [0.05, 0.1) is 46.8 Å². The first-order valence-electron chi connectivity index (χ1n) is 9.13. The average molecular weight is 467 g/mol. The van der Waals surface area contributed by atoms with Crippen molar-refractivity contribution in [1.82, 2.24) is 10.0 Å². The van der Waals surface area contributed by atoms with Crippen molar-refractivity contribution >= 4 is 31.4 Å². The number of sulfonamides is 2. The first-order chi connectivity index (χ1) is 14.5. The first-order valence-corrected chi connectivity index (χ1v) is 12.2. The molecule has 12 nitrogen and oxygen atoms in total. The van der Waals surface area contributed by atoms with E-state index in [1.54, 1.807) is 10.0 Å². The van der Waals surface area contributed by atoms with Crippen LogP contribution in [0, 0.1) is 0 Å². The van der Waals surface area contributed by atoms with Crippen LogP contribution in [0.2, 0.25) is 0 Å². The summed E-state index contributed by atoms with van der Waals surface area (Å²) in [5, 5.41) is 30.4. The Balaban J connectivity index is 1.56. The van der Waals surface area contributed by atoms with Crippen molar-refractivity contribution in [2.75, 3.05) is 19.6 Å². The van der Waals surface area contributed by atoms with Gasteiger partial charge >= 0.3 is 0 Å². The summed E-state index contributed by atoms with van der Waals surface area (Å²) in [6.45, 7) is 3.64. The van der Waals surface area contributed by atoms with Crippen LogP contribution in [-0.2, 0) is 20.0 Å². The molecule has 1 heterocycles. The molecule has 0 amide bonds. The number of benzene rings is 2. The molecule has 1 unspecified atom stereocenters. The number of piperazine rings is 1. The fraction of sp³-hybridized carbons (Fsp3) is 0.294. The van der Waals surface area contributed by atoms with Gasteiger partial charge in [-0.25, -0.2) is 27.1 Å². The normalized spacial score (nSPS) is 18.2. The zero-order chi connectivity index (χ0) is 22.6. The van der Waals surface area contributed by atoms with E-state index < -0.39 is 20.0 Å². The molecule has 1 aliphatic heterocycles. The average Bonchev–Trinajstić information content (AvgIpc) is 2.71. The van der Waals surface area contributed by atoms with E-state index in [1.807, 2.05) is 6.92 Å². The molecule has 2 aromatic rings. The highest BCUT2D eigenvalue weighted by Crippen LogP contribution is 2.20. The molecule has 0 radical (unpaired) electrons. The Kier molecular flexibility index (Phi) is 6.64.